The van der Waals surface area contributed by atoms with Gasteiger partial charge in [0, 0.05) is 10.4 Å². The molecule has 0 amide bonds. The van der Waals surface area contributed by atoms with Crippen molar-refractivity contribution in [3.05, 3.63) is 71.1 Å². The zero-order chi connectivity index (χ0) is 16.4. The summed E-state index contributed by atoms with van der Waals surface area (Å²) in [6, 6.07) is 16.5. The van der Waals surface area contributed by atoms with Gasteiger partial charge in [-0.25, -0.2) is 8.42 Å². The van der Waals surface area contributed by atoms with E-state index in [9.17, 15) is 8.42 Å². The van der Waals surface area contributed by atoms with Crippen LogP contribution >= 0.6 is 11.3 Å². The van der Waals surface area contributed by atoms with E-state index in [0.717, 1.165) is 21.6 Å². The summed E-state index contributed by atoms with van der Waals surface area (Å²) in [4.78, 5) is 1.30. The molecule has 0 radical (unpaired) electrons. The van der Waals surface area contributed by atoms with Crippen molar-refractivity contribution in [3.8, 4) is 10.4 Å². The Labute approximate surface area is 140 Å². The number of thiophene rings is 1. The van der Waals surface area contributed by atoms with E-state index < -0.39 is 10.0 Å². The van der Waals surface area contributed by atoms with Crippen LogP contribution in [0.5, 0.6) is 0 Å². The predicted molar refractivity (Wildman–Crippen MR) is 96.5 cm³/mol. The Kier molecular flexibility index (Phi) is 4.24. The fourth-order valence-electron chi connectivity index (χ4n) is 2.30. The van der Waals surface area contributed by atoms with Crippen molar-refractivity contribution in [2.75, 3.05) is 4.72 Å². The summed E-state index contributed by atoms with van der Waals surface area (Å²) in [5.41, 5.74) is 3.61. The van der Waals surface area contributed by atoms with Crippen LogP contribution in [0.3, 0.4) is 0 Å². The largest absolute Gasteiger partial charge is 0.279 e. The first kappa shape index (κ1) is 15.8. The molecule has 5 heteroatoms. The summed E-state index contributed by atoms with van der Waals surface area (Å²) >= 11 is 1.59. The van der Waals surface area contributed by atoms with Crippen LogP contribution < -0.4 is 4.72 Å². The topological polar surface area (TPSA) is 46.2 Å². The molecule has 2 aromatic carbocycles. The van der Waals surface area contributed by atoms with Crippen LogP contribution in [0.25, 0.3) is 10.4 Å². The Morgan fingerprint density at radius 1 is 0.913 bits per heavy atom. The molecule has 3 aromatic rings. The van der Waals surface area contributed by atoms with Crippen molar-refractivity contribution in [1.29, 1.82) is 0 Å². The molecule has 1 N–H and O–H groups in total. The first-order chi connectivity index (χ1) is 11.0. The Hall–Kier alpha value is -2.11. The summed E-state index contributed by atoms with van der Waals surface area (Å²) < 4.78 is 27.9. The van der Waals surface area contributed by atoms with Crippen molar-refractivity contribution in [3.63, 3.8) is 0 Å². The Balaban J connectivity index is 2.01. The lowest BCUT2D eigenvalue weighted by atomic mass is 10.1. The minimum atomic E-state index is -3.60. The monoisotopic (exact) mass is 343 g/mol. The second-order valence-corrected chi connectivity index (χ2v) is 8.07. The molecule has 0 aliphatic carbocycles. The van der Waals surface area contributed by atoms with Gasteiger partial charge in [-0.3, -0.25) is 4.72 Å². The number of hydrogen-bond acceptors (Lipinski definition) is 3. The lowest BCUT2D eigenvalue weighted by molar-refractivity contribution is 0.601. The zero-order valence-corrected chi connectivity index (χ0v) is 14.5. The molecule has 0 atom stereocenters. The molecular formula is C18H17NO2S2. The summed E-state index contributed by atoms with van der Waals surface area (Å²) in [6.07, 6.45) is 0. The molecule has 0 saturated carbocycles. The van der Waals surface area contributed by atoms with E-state index in [2.05, 4.69) is 4.72 Å². The third kappa shape index (κ3) is 3.46. The van der Waals surface area contributed by atoms with Gasteiger partial charge in [-0.2, -0.15) is 0 Å². The van der Waals surface area contributed by atoms with Gasteiger partial charge in [0.05, 0.1) is 10.6 Å². The van der Waals surface area contributed by atoms with Gasteiger partial charge in [0.1, 0.15) is 0 Å². The maximum atomic E-state index is 12.6. The van der Waals surface area contributed by atoms with Crippen LogP contribution in [0.2, 0.25) is 0 Å². The van der Waals surface area contributed by atoms with Gasteiger partial charge in [0.25, 0.3) is 10.0 Å². The molecule has 1 aromatic heterocycles. The SMILES string of the molecule is Cc1ccc(S(=O)(=O)Nc2ccc(C)cc2-c2cccs2)cc1. The van der Waals surface area contributed by atoms with E-state index in [1.807, 2.05) is 49.6 Å². The standard InChI is InChI=1S/C18H17NO2S2/c1-13-5-8-15(9-6-13)23(20,21)19-17-10-7-14(2)12-16(17)18-4-3-11-22-18/h3-12,19H,1-2H3. The van der Waals surface area contributed by atoms with Crippen LogP contribution in [0, 0.1) is 13.8 Å². The summed E-state index contributed by atoms with van der Waals surface area (Å²) in [6.45, 7) is 3.92. The van der Waals surface area contributed by atoms with Gasteiger partial charge in [-0.1, -0.05) is 35.4 Å². The Bertz CT molecular complexity index is 912. The molecule has 0 aliphatic heterocycles. The van der Waals surface area contributed by atoms with Crippen molar-refractivity contribution in [1.82, 2.24) is 0 Å². The van der Waals surface area contributed by atoms with Crippen LogP contribution in [0.4, 0.5) is 5.69 Å². The molecule has 118 valence electrons. The van der Waals surface area contributed by atoms with Gasteiger partial charge in [0.2, 0.25) is 0 Å². The quantitative estimate of drug-likeness (QED) is 0.737. The molecule has 0 unspecified atom stereocenters. The number of benzene rings is 2. The number of hydrogen-bond donors (Lipinski definition) is 1. The lowest BCUT2D eigenvalue weighted by Crippen LogP contribution is -2.13. The molecule has 23 heavy (non-hydrogen) atoms. The van der Waals surface area contributed by atoms with Gasteiger partial charge in [0.15, 0.2) is 0 Å². The van der Waals surface area contributed by atoms with Crippen molar-refractivity contribution < 1.29 is 8.42 Å². The van der Waals surface area contributed by atoms with Crippen LogP contribution in [0.15, 0.2) is 64.9 Å². The van der Waals surface area contributed by atoms with E-state index in [0.29, 0.717) is 5.69 Å². The molecule has 3 rings (SSSR count). The smallest absolute Gasteiger partial charge is 0.261 e. The highest BCUT2D eigenvalue weighted by Gasteiger charge is 2.17. The number of nitrogens with one attached hydrogen (secondary N) is 1. The average molecular weight is 343 g/mol. The summed E-state index contributed by atoms with van der Waals surface area (Å²) in [5.74, 6) is 0. The fraction of sp³-hybridized carbons (Fsp3) is 0.111. The number of aryl methyl sites for hydroxylation is 2. The molecule has 0 bridgehead atoms. The first-order valence-corrected chi connectivity index (χ1v) is 9.56. The third-order valence-corrected chi connectivity index (χ3v) is 5.82. The highest BCUT2D eigenvalue weighted by atomic mass is 32.2. The minimum absolute atomic E-state index is 0.265. The van der Waals surface area contributed by atoms with Crippen molar-refractivity contribution in [2.24, 2.45) is 0 Å². The average Bonchev–Trinajstić information content (AvgIpc) is 3.03. The molecule has 0 saturated heterocycles. The highest BCUT2D eigenvalue weighted by molar-refractivity contribution is 7.92. The van der Waals surface area contributed by atoms with E-state index in [4.69, 9.17) is 0 Å². The predicted octanol–water partition coefficient (Wildman–Crippen LogP) is 4.83. The van der Waals surface area contributed by atoms with Gasteiger partial charge in [-0.15, -0.1) is 11.3 Å². The molecular weight excluding hydrogens is 326 g/mol. The Morgan fingerprint density at radius 2 is 1.61 bits per heavy atom. The second-order valence-electron chi connectivity index (χ2n) is 5.44. The summed E-state index contributed by atoms with van der Waals surface area (Å²) in [7, 11) is -3.60. The van der Waals surface area contributed by atoms with Crippen LogP contribution in [-0.4, -0.2) is 8.42 Å². The van der Waals surface area contributed by atoms with E-state index >= 15 is 0 Å². The van der Waals surface area contributed by atoms with E-state index in [-0.39, 0.29) is 4.90 Å². The number of rotatable bonds is 4. The van der Waals surface area contributed by atoms with Crippen LogP contribution in [-0.2, 0) is 10.0 Å². The zero-order valence-electron chi connectivity index (χ0n) is 12.9. The minimum Gasteiger partial charge on any atom is -0.279 e. The Morgan fingerprint density at radius 3 is 2.26 bits per heavy atom. The highest BCUT2D eigenvalue weighted by Crippen LogP contribution is 2.33. The van der Waals surface area contributed by atoms with Gasteiger partial charge >= 0.3 is 0 Å². The normalized spacial score (nSPS) is 11.4. The van der Waals surface area contributed by atoms with Gasteiger partial charge in [-0.05, 0) is 49.6 Å². The maximum Gasteiger partial charge on any atom is 0.261 e. The second kappa shape index (κ2) is 6.18. The van der Waals surface area contributed by atoms with E-state index in [1.165, 1.54) is 0 Å². The first-order valence-electron chi connectivity index (χ1n) is 7.20. The lowest BCUT2D eigenvalue weighted by Gasteiger charge is -2.13. The molecule has 0 fully saturated rings. The number of anilines is 1. The van der Waals surface area contributed by atoms with Crippen LogP contribution in [0.1, 0.15) is 11.1 Å². The van der Waals surface area contributed by atoms with Crippen molar-refractivity contribution in [2.45, 2.75) is 18.7 Å². The molecule has 1 heterocycles. The maximum absolute atomic E-state index is 12.6. The molecule has 3 nitrogen and oxygen atoms in total. The fourth-order valence-corrected chi connectivity index (χ4v) is 4.14. The number of sulfonamides is 1. The van der Waals surface area contributed by atoms with Gasteiger partial charge < -0.3 is 0 Å². The molecule has 0 aliphatic rings. The molecule has 0 spiro atoms. The summed E-state index contributed by atoms with van der Waals surface area (Å²) in [5, 5.41) is 1.98. The third-order valence-electron chi connectivity index (χ3n) is 3.54. The van der Waals surface area contributed by atoms with Crippen molar-refractivity contribution >= 4 is 27.0 Å². The van der Waals surface area contributed by atoms with E-state index in [1.54, 1.807) is 35.6 Å².